The highest BCUT2D eigenvalue weighted by molar-refractivity contribution is 14.0. The molecule has 1 aliphatic rings. The van der Waals surface area contributed by atoms with Gasteiger partial charge in [-0.1, -0.05) is 24.3 Å². The summed E-state index contributed by atoms with van der Waals surface area (Å²) in [6, 6.07) is 14.8. The molecule has 3 heterocycles. The highest BCUT2D eigenvalue weighted by atomic mass is 127. The van der Waals surface area contributed by atoms with Crippen LogP contribution in [-0.2, 0) is 11.3 Å². The fraction of sp³-hybridized carbons (Fsp3) is 0.409. The summed E-state index contributed by atoms with van der Waals surface area (Å²) in [5.41, 5.74) is 0.903. The second-order valence-corrected chi connectivity index (χ2v) is 7.99. The van der Waals surface area contributed by atoms with Gasteiger partial charge >= 0.3 is 0 Å². The van der Waals surface area contributed by atoms with E-state index in [9.17, 15) is 0 Å². The summed E-state index contributed by atoms with van der Waals surface area (Å²) in [5.74, 6) is 1.68. The summed E-state index contributed by atoms with van der Waals surface area (Å²) >= 11 is 1.80. The van der Waals surface area contributed by atoms with E-state index in [1.807, 2.05) is 18.2 Å². The Morgan fingerprint density at radius 3 is 2.73 bits per heavy atom. The average Bonchev–Trinajstić information content (AvgIpc) is 3.42. The zero-order valence-corrected chi connectivity index (χ0v) is 20.3. The van der Waals surface area contributed by atoms with Crippen molar-refractivity contribution < 1.29 is 9.15 Å². The summed E-state index contributed by atoms with van der Waals surface area (Å²) in [4.78, 5) is 8.60. The zero-order valence-electron chi connectivity index (χ0n) is 17.2. The molecule has 0 saturated carbocycles. The molecule has 2 aromatic heterocycles. The standard InChI is InChI=1S/C22H28N4O2S.HI/c1-2-23-22(24-15-18-14-17-6-3-4-7-20(17)28-18)25-16-19(21-8-5-13-29-21)26-9-11-27-12-10-26;/h3-8,13-14,19H,2,9-12,15-16H2,1H3,(H2,23,24,25);1H. The quantitative estimate of drug-likeness (QED) is 0.267. The van der Waals surface area contributed by atoms with Crippen LogP contribution in [0.4, 0.5) is 0 Å². The maximum atomic E-state index is 5.89. The molecule has 1 atom stereocenters. The Labute approximate surface area is 198 Å². The number of fused-ring (bicyclic) bond motifs is 1. The van der Waals surface area contributed by atoms with Gasteiger partial charge in [-0.25, -0.2) is 4.99 Å². The maximum absolute atomic E-state index is 5.89. The summed E-state index contributed by atoms with van der Waals surface area (Å²) < 4.78 is 11.4. The Morgan fingerprint density at radius 2 is 2.00 bits per heavy atom. The minimum Gasteiger partial charge on any atom is -0.459 e. The van der Waals surface area contributed by atoms with Crippen LogP contribution in [-0.4, -0.2) is 50.3 Å². The number of halogens is 1. The van der Waals surface area contributed by atoms with Gasteiger partial charge in [0.2, 0.25) is 0 Å². The van der Waals surface area contributed by atoms with Crippen molar-refractivity contribution in [1.29, 1.82) is 0 Å². The Balaban J connectivity index is 0.00000256. The number of nitrogens with zero attached hydrogens (tertiary/aromatic N) is 2. The third kappa shape index (κ3) is 5.96. The molecule has 1 aromatic carbocycles. The van der Waals surface area contributed by atoms with E-state index in [4.69, 9.17) is 14.1 Å². The Morgan fingerprint density at radius 1 is 1.17 bits per heavy atom. The predicted octanol–water partition coefficient (Wildman–Crippen LogP) is 4.24. The first-order chi connectivity index (χ1) is 14.3. The van der Waals surface area contributed by atoms with Crippen molar-refractivity contribution in [3.8, 4) is 0 Å². The topological polar surface area (TPSA) is 62.0 Å². The second-order valence-electron chi connectivity index (χ2n) is 7.01. The number of rotatable bonds is 7. The van der Waals surface area contributed by atoms with Crippen LogP contribution in [0.15, 0.2) is 57.3 Å². The van der Waals surface area contributed by atoms with E-state index in [1.54, 1.807) is 11.3 Å². The largest absolute Gasteiger partial charge is 0.459 e. The van der Waals surface area contributed by atoms with E-state index in [1.165, 1.54) is 4.88 Å². The van der Waals surface area contributed by atoms with Crippen molar-refractivity contribution in [1.82, 2.24) is 15.5 Å². The molecule has 30 heavy (non-hydrogen) atoms. The van der Waals surface area contributed by atoms with Crippen molar-refractivity contribution in [2.24, 2.45) is 4.99 Å². The van der Waals surface area contributed by atoms with Crippen LogP contribution in [0.5, 0.6) is 0 Å². The normalized spacial score (nSPS) is 16.2. The Kier molecular flexibility index (Phi) is 8.98. The summed E-state index contributed by atoms with van der Waals surface area (Å²) in [7, 11) is 0. The maximum Gasteiger partial charge on any atom is 0.191 e. The van der Waals surface area contributed by atoms with Crippen LogP contribution in [0.2, 0.25) is 0 Å². The lowest BCUT2D eigenvalue weighted by Gasteiger charge is -2.34. The minimum atomic E-state index is 0. The highest BCUT2D eigenvalue weighted by Gasteiger charge is 2.23. The first kappa shape index (κ1) is 23.1. The molecule has 2 N–H and O–H groups in total. The van der Waals surface area contributed by atoms with Crippen molar-refractivity contribution in [2.45, 2.75) is 19.5 Å². The lowest BCUT2D eigenvalue weighted by atomic mass is 10.2. The molecule has 1 unspecified atom stereocenters. The highest BCUT2D eigenvalue weighted by Crippen LogP contribution is 2.25. The number of guanidine groups is 1. The van der Waals surface area contributed by atoms with E-state index in [2.05, 4.69) is 52.1 Å². The molecule has 3 aromatic rings. The van der Waals surface area contributed by atoms with Gasteiger partial charge in [0.15, 0.2) is 5.96 Å². The van der Waals surface area contributed by atoms with Crippen molar-refractivity contribution in [3.63, 3.8) is 0 Å². The van der Waals surface area contributed by atoms with E-state index in [-0.39, 0.29) is 24.0 Å². The number of aliphatic imine (C=N–C) groups is 1. The number of benzene rings is 1. The van der Waals surface area contributed by atoms with Crippen LogP contribution in [0.1, 0.15) is 23.6 Å². The fourth-order valence-electron chi connectivity index (χ4n) is 3.59. The van der Waals surface area contributed by atoms with Gasteiger partial charge in [-0.3, -0.25) is 4.90 Å². The van der Waals surface area contributed by atoms with Crippen molar-refractivity contribution in [3.05, 3.63) is 58.5 Å². The third-order valence-electron chi connectivity index (χ3n) is 5.03. The molecule has 1 fully saturated rings. The number of thiophene rings is 1. The molecule has 0 radical (unpaired) electrons. The van der Waals surface area contributed by atoms with Crippen LogP contribution in [0, 0.1) is 0 Å². The third-order valence-corrected chi connectivity index (χ3v) is 6.01. The summed E-state index contributed by atoms with van der Waals surface area (Å²) in [6.45, 7) is 7.69. The molecule has 0 spiro atoms. The van der Waals surface area contributed by atoms with Gasteiger partial charge in [-0.15, -0.1) is 35.3 Å². The Hall–Kier alpha value is -1.62. The first-order valence-electron chi connectivity index (χ1n) is 10.2. The average molecular weight is 540 g/mol. The summed E-state index contributed by atoms with van der Waals surface area (Å²) in [6.07, 6.45) is 0. The number of para-hydroxylation sites is 1. The van der Waals surface area contributed by atoms with E-state index >= 15 is 0 Å². The van der Waals surface area contributed by atoms with Crippen LogP contribution in [0.3, 0.4) is 0 Å². The molecule has 0 amide bonds. The minimum absolute atomic E-state index is 0. The van der Waals surface area contributed by atoms with Gasteiger partial charge in [0.05, 0.1) is 19.3 Å². The number of ether oxygens (including phenoxy) is 1. The molecule has 4 rings (SSSR count). The smallest absolute Gasteiger partial charge is 0.191 e. The molecule has 6 nitrogen and oxygen atoms in total. The number of morpholine rings is 1. The molecular weight excluding hydrogens is 511 g/mol. The molecular formula is C22H29IN4O2S. The van der Waals surface area contributed by atoms with E-state index < -0.39 is 0 Å². The lowest BCUT2D eigenvalue weighted by molar-refractivity contribution is 0.0177. The number of hydrogen-bond donors (Lipinski definition) is 2. The Bertz CT molecular complexity index is 889. The van der Waals surface area contributed by atoms with E-state index in [0.717, 1.165) is 62.1 Å². The van der Waals surface area contributed by atoms with Crippen LogP contribution in [0.25, 0.3) is 11.0 Å². The molecule has 0 aliphatic carbocycles. The first-order valence-corrected chi connectivity index (χ1v) is 11.1. The van der Waals surface area contributed by atoms with Gasteiger partial charge in [0.1, 0.15) is 17.9 Å². The van der Waals surface area contributed by atoms with Gasteiger partial charge in [-0.05, 0) is 30.5 Å². The van der Waals surface area contributed by atoms with Crippen LogP contribution >= 0.6 is 35.3 Å². The fourth-order valence-corrected chi connectivity index (χ4v) is 4.45. The second kappa shape index (κ2) is 11.7. The number of nitrogens with one attached hydrogen (secondary N) is 2. The number of furan rings is 1. The van der Waals surface area contributed by atoms with Gasteiger partial charge in [0, 0.05) is 36.4 Å². The summed E-state index contributed by atoms with van der Waals surface area (Å²) in [5, 5.41) is 10.1. The van der Waals surface area contributed by atoms with Gasteiger partial charge in [-0.2, -0.15) is 0 Å². The van der Waals surface area contributed by atoms with Crippen LogP contribution < -0.4 is 10.6 Å². The zero-order chi connectivity index (χ0) is 19.9. The SMILES string of the molecule is CCNC(=NCc1cc2ccccc2o1)NCC(c1cccs1)N1CCOCC1.I. The molecule has 0 bridgehead atoms. The molecule has 1 aliphatic heterocycles. The molecule has 162 valence electrons. The van der Waals surface area contributed by atoms with Gasteiger partial charge in [0.25, 0.3) is 0 Å². The lowest BCUT2D eigenvalue weighted by Crippen LogP contribution is -2.46. The van der Waals surface area contributed by atoms with Crippen molar-refractivity contribution in [2.75, 3.05) is 39.4 Å². The molecule has 1 saturated heterocycles. The monoisotopic (exact) mass is 540 g/mol. The predicted molar refractivity (Wildman–Crippen MR) is 134 cm³/mol. The van der Waals surface area contributed by atoms with Gasteiger partial charge < -0.3 is 19.8 Å². The van der Waals surface area contributed by atoms with Crippen molar-refractivity contribution >= 4 is 52.2 Å². The number of hydrogen-bond acceptors (Lipinski definition) is 5. The van der Waals surface area contributed by atoms with E-state index in [0.29, 0.717) is 12.6 Å². The molecule has 8 heteroatoms.